The van der Waals surface area contributed by atoms with Gasteiger partial charge in [0.2, 0.25) is 17.8 Å². The van der Waals surface area contributed by atoms with Crippen LogP contribution in [0.5, 0.6) is 5.75 Å². The summed E-state index contributed by atoms with van der Waals surface area (Å²) in [5.41, 5.74) is 3.38. The summed E-state index contributed by atoms with van der Waals surface area (Å²) in [5, 5.41) is 0. The topological polar surface area (TPSA) is 92.4 Å². The predicted molar refractivity (Wildman–Crippen MR) is 83.0 cm³/mol. The van der Waals surface area contributed by atoms with E-state index in [-0.39, 0.29) is 0 Å². The second-order valence-corrected chi connectivity index (χ2v) is 4.55. The molecule has 8 nitrogen and oxygen atoms in total. The fourth-order valence-electron chi connectivity index (χ4n) is 1.69. The third kappa shape index (κ3) is 3.29. The second kappa shape index (κ2) is 6.23. The summed E-state index contributed by atoms with van der Waals surface area (Å²) < 4.78 is 5.15. The average Bonchev–Trinajstić information content (AvgIpc) is 2.53. The predicted octanol–water partition coefficient (Wildman–Crippen LogP) is 1.000. The number of hydrogen-bond acceptors (Lipinski definition) is 8. The third-order valence-electron chi connectivity index (χ3n) is 2.90. The Morgan fingerprint density at radius 3 is 2.14 bits per heavy atom. The Kier molecular flexibility index (Phi) is 4.39. The van der Waals surface area contributed by atoms with E-state index in [1.54, 1.807) is 12.0 Å². The van der Waals surface area contributed by atoms with Crippen molar-refractivity contribution in [3.63, 3.8) is 0 Å². The number of rotatable bonds is 5. The number of aromatic nitrogens is 3. The van der Waals surface area contributed by atoms with E-state index < -0.39 is 0 Å². The number of nitrogens with zero attached hydrogens (tertiary/aromatic N) is 5. The molecule has 0 saturated carbocycles. The zero-order chi connectivity index (χ0) is 15.4. The van der Waals surface area contributed by atoms with Gasteiger partial charge in [0.05, 0.1) is 7.11 Å². The molecular formula is C13H19N7O. The van der Waals surface area contributed by atoms with E-state index in [2.05, 4.69) is 20.4 Å². The molecule has 0 aliphatic heterocycles. The Morgan fingerprint density at radius 1 is 1.00 bits per heavy atom. The number of nitrogens with two attached hydrogens (primary N) is 1. The molecule has 1 heterocycles. The van der Waals surface area contributed by atoms with Crippen molar-refractivity contribution in [2.45, 2.75) is 0 Å². The molecule has 0 saturated heterocycles. The highest BCUT2D eigenvalue weighted by molar-refractivity contribution is 5.59. The number of benzene rings is 1. The molecule has 0 spiro atoms. The maximum Gasteiger partial charge on any atom is 0.243 e. The van der Waals surface area contributed by atoms with Crippen LogP contribution in [0.2, 0.25) is 0 Å². The number of methoxy groups -OCH3 is 1. The van der Waals surface area contributed by atoms with Gasteiger partial charge in [0.1, 0.15) is 5.75 Å². The summed E-state index contributed by atoms with van der Waals surface area (Å²) in [6, 6.07) is 7.60. The van der Waals surface area contributed by atoms with Crippen molar-refractivity contribution >= 4 is 23.5 Å². The maximum absolute atomic E-state index is 5.41. The lowest BCUT2D eigenvalue weighted by molar-refractivity contribution is 0.415. The van der Waals surface area contributed by atoms with Crippen LogP contribution in [0.15, 0.2) is 24.3 Å². The van der Waals surface area contributed by atoms with E-state index in [1.165, 1.54) is 0 Å². The molecule has 2 aromatic rings. The highest BCUT2D eigenvalue weighted by atomic mass is 16.5. The molecule has 0 aliphatic carbocycles. The average molecular weight is 289 g/mol. The van der Waals surface area contributed by atoms with Crippen LogP contribution in [0, 0.1) is 0 Å². The van der Waals surface area contributed by atoms with Gasteiger partial charge in [-0.25, -0.2) is 5.84 Å². The first kappa shape index (κ1) is 14.8. The fourth-order valence-corrected chi connectivity index (χ4v) is 1.69. The molecule has 0 aliphatic rings. The summed E-state index contributed by atoms with van der Waals surface area (Å²) in [7, 11) is 7.21. The molecular weight excluding hydrogens is 270 g/mol. The molecule has 2 rings (SSSR count). The number of ether oxygens (including phenoxy) is 1. The molecule has 0 fully saturated rings. The van der Waals surface area contributed by atoms with E-state index >= 15 is 0 Å². The first-order valence-electron chi connectivity index (χ1n) is 6.33. The SMILES string of the molecule is COc1ccc(N(C)c2nc(NN)nc(N(C)C)n2)cc1. The summed E-state index contributed by atoms with van der Waals surface area (Å²) in [6.07, 6.45) is 0. The Morgan fingerprint density at radius 2 is 1.62 bits per heavy atom. The first-order chi connectivity index (χ1) is 10.0. The van der Waals surface area contributed by atoms with Crippen molar-refractivity contribution in [2.75, 3.05) is 43.5 Å². The van der Waals surface area contributed by atoms with Crippen molar-refractivity contribution in [1.82, 2.24) is 15.0 Å². The highest BCUT2D eigenvalue weighted by Crippen LogP contribution is 2.24. The molecule has 1 aromatic heterocycles. The smallest absolute Gasteiger partial charge is 0.243 e. The van der Waals surface area contributed by atoms with Crippen LogP contribution in [-0.4, -0.2) is 43.2 Å². The van der Waals surface area contributed by atoms with Gasteiger partial charge in [0.15, 0.2) is 0 Å². The zero-order valence-electron chi connectivity index (χ0n) is 12.5. The Labute approximate surface area is 123 Å². The van der Waals surface area contributed by atoms with Crippen LogP contribution in [0.25, 0.3) is 0 Å². The molecule has 8 heteroatoms. The number of hydrazine groups is 1. The molecule has 1 aromatic carbocycles. The van der Waals surface area contributed by atoms with Gasteiger partial charge in [-0.05, 0) is 24.3 Å². The van der Waals surface area contributed by atoms with Crippen molar-refractivity contribution in [2.24, 2.45) is 5.84 Å². The molecule has 0 bridgehead atoms. The molecule has 0 atom stereocenters. The van der Waals surface area contributed by atoms with E-state index in [0.717, 1.165) is 11.4 Å². The van der Waals surface area contributed by atoms with E-state index in [1.807, 2.05) is 50.3 Å². The van der Waals surface area contributed by atoms with Crippen molar-refractivity contribution in [1.29, 1.82) is 0 Å². The highest BCUT2D eigenvalue weighted by Gasteiger charge is 2.12. The van der Waals surface area contributed by atoms with Gasteiger partial charge in [0, 0.05) is 26.8 Å². The van der Waals surface area contributed by atoms with E-state index in [4.69, 9.17) is 10.6 Å². The lowest BCUT2D eigenvalue weighted by Gasteiger charge is -2.20. The van der Waals surface area contributed by atoms with Gasteiger partial charge in [-0.15, -0.1) is 0 Å². The minimum absolute atomic E-state index is 0.309. The number of anilines is 4. The second-order valence-electron chi connectivity index (χ2n) is 4.55. The van der Waals surface area contributed by atoms with Crippen molar-refractivity contribution in [3.05, 3.63) is 24.3 Å². The van der Waals surface area contributed by atoms with Crippen LogP contribution >= 0.6 is 0 Å². The molecule has 0 radical (unpaired) electrons. The Balaban J connectivity index is 2.36. The van der Waals surface area contributed by atoms with Gasteiger partial charge in [-0.3, -0.25) is 5.43 Å². The summed E-state index contributed by atoms with van der Waals surface area (Å²) in [6.45, 7) is 0. The van der Waals surface area contributed by atoms with Gasteiger partial charge in [0.25, 0.3) is 0 Å². The standard InChI is InChI=1S/C13H19N7O/c1-19(2)12-15-11(18-14)16-13(17-12)20(3)9-5-7-10(21-4)8-6-9/h5-8H,14H2,1-4H3,(H,15,16,17,18). The van der Waals surface area contributed by atoms with Crippen LogP contribution in [0.4, 0.5) is 23.5 Å². The normalized spacial score (nSPS) is 10.1. The summed E-state index contributed by atoms with van der Waals surface area (Å²) >= 11 is 0. The quantitative estimate of drug-likeness (QED) is 0.622. The lowest BCUT2D eigenvalue weighted by Crippen LogP contribution is -2.21. The van der Waals surface area contributed by atoms with Gasteiger partial charge >= 0.3 is 0 Å². The largest absolute Gasteiger partial charge is 0.497 e. The van der Waals surface area contributed by atoms with Crippen LogP contribution in [0.3, 0.4) is 0 Å². The van der Waals surface area contributed by atoms with Gasteiger partial charge < -0.3 is 14.5 Å². The number of nitrogens with one attached hydrogen (secondary N) is 1. The van der Waals surface area contributed by atoms with Crippen molar-refractivity contribution in [3.8, 4) is 5.75 Å². The van der Waals surface area contributed by atoms with Gasteiger partial charge in [-0.1, -0.05) is 0 Å². The molecule has 0 unspecified atom stereocenters. The Hall–Kier alpha value is -2.61. The minimum atomic E-state index is 0.309. The van der Waals surface area contributed by atoms with E-state index in [0.29, 0.717) is 17.8 Å². The molecule has 112 valence electrons. The summed E-state index contributed by atoms with van der Waals surface area (Å²) in [5.74, 6) is 7.52. The summed E-state index contributed by atoms with van der Waals surface area (Å²) in [4.78, 5) is 16.5. The fraction of sp³-hybridized carbons (Fsp3) is 0.308. The Bertz CT molecular complexity index is 600. The van der Waals surface area contributed by atoms with Crippen molar-refractivity contribution < 1.29 is 4.74 Å². The van der Waals surface area contributed by atoms with Crippen LogP contribution < -0.4 is 25.8 Å². The molecule has 0 amide bonds. The third-order valence-corrected chi connectivity index (χ3v) is 2.90. The number of hydrogen-bond donors (Lipinski definition) is 2. The zero-order valence-corrected chi connectivity index (χ0v) is 12.5. The number of nitrogen functional groups attached to an aromatic ring is 1. The van der Waals surface area contributed by atoms with Gasteiger partial charge in [-0.2, -0.15) is 15.0 Å². The molecule has 3 N–H and O–H groups in total. The molecule has 21 heavy (non-hydrogen) atoms. The van der Waals surface area contributed by atoms with Crippen LogP contribution in [0.1, 0.15) is 0 Å². The lowest BCUT2D eigenvalue weighted by atomic mass is 10.3. The first-order valence-corrected chi connectivity index (χ1v) is 6.33. The monoisotopic (exact) mass is 289 g/mol. The van der Waals surface area contributed by atoms with E-state index in [9.17, 15) is 0 Å². The minimum Gasteiger partial charge on any atom is -0.497 e. The maximum atomic E-state index is 5.41. The van der Waals surface area contributed by atoms with Crippen LogP contribution in [-0.2, 0) is 0 Å².